The smallest absolute Gasteiger partial charge is 0.125 e. The average Bonchev–Trinajstić information content (AvgIpc) is 2.51. The topological polar surface area (TPSA) is 28.6 Å². The maximum Gasteiger partial charge on any atom is 0.125 e. The summed E-state index contributed by atoms with van der Waals surface area (Å²) in [7, 11) is 2.07. The number of morpholine rings is 1. The molecular formula is C18H24FN3O. The predicted molar refractivity (Wildman–Crippen MR) is 91.4 cm³/mol. The highest BCUT2D eigenvalue weighted by molar-refractivity contribution is 5.91. The number of hydrogen-bond donors (Lipinski definition) is 0. The number of hydrogen-bond acceptors (Lipinski definition) is 4. The molecule has 0 amide bonds. The molecule has 1 saturated heterocycles. The molecule has 2 heterocycles. The molecule has 1 aromatic heterocycles. The molecular weight excluding hydrogens is 293 g/mol. The van der Waals surface area contributed by atoms with Crippen LogP contribution in [0, 0.1) is 5.82 Å². The van der Waals surface area contributed by atoms with Gasteiger partial charge in [0.25, 0.3) is 0 Å². The van der Waals surface area contributed by atoms with Crippen LogP contribution in [0.3, 0.4) is 0 Å². The second-order valence-electron chi connectivity index (χ2n) is 6.43. The van der Waals surface area contributed by atoms with E-state index in [9.17, 15) is 4.39 Å². The fourth-order valence-corrected chi connectivity index (χ4v) is 3.32. The van der Waals surface area contributed by atoms with Crippen molar-refractivity contribution in [3.63, 3.8) is 0 Å². The minimum absolute atomic E-state index is 0.249. The van der Waals surface area contributed by atoms with Crippen molar-refractivity contribution < 1.29 is 9.13 Å². The Morgan fingerprint density at radius 2 is 2.00 bits per heavy atom. The van der Waals surface area contributed by atoms with Crippen LogP contribution in [-0.4, -0.2) is 55.3 Å². The Bertz CT molecular complexity index is 668. The lowest BCUT2D eigenvalue weighted by molar-refractivity contribution is -0.0670. The Morgan fingerprint density at radius 1 is 1.26 bits per heavy atom. The number of ether oxygens (including phenoxy) is 1. The van der Waals surface area contributed by atoms with E-state index in [1.165, 1.54) is 12.1 Å². The van der Waals surface area contributed by atoms with E-state index < -0.39 is 0 Å². The number of nitrogens with zero attached hydrogens (tertiary/aromatic N) is 3. The van der Waals surface area contributed by atoms with E-state index in [0.29, 0.717) is 5.52 Å². The number of rotatable bonds is 4. The number of likely N-dealkylation sites (N-methyl/N-ethyl adjacent to an activating group) is 1. The van der Waals surface area contributed by atoms with Crippen LogP contribution in [0.1, 0.15) is 13.8 Å². The van der Waals surface area contributed by atoms with Crippen LogP contribution in [0.15, 0.2) is 30.5 Å². The summed E-state index contributed by atoms with van der Waals surface area (Å²) < 4.78 is 19.1. The zero-order chi connectivity index (χ0) is 16.4. The van der Waals surface area contributed by atoms with E-state index in [2.05, 4.69) is 35.7 Å². The molecule has 1 fully saturated rings. The molecule has 0 spiro atoms. The fraction of sp³-hybridized carbons (Fsp3) is 0.500. The first kappa shape index (κ1) is 16.1. The normalized spacial score (nSPS) is 22.4. The van der Waals surface area contributed by atoms with Gasteiger partial charge in [0.2, 0.25) is 0 Å². The van der Waals surface area contributed by atoms with Crippen molar-refractivity contribution in [2.45, 2.75) is 26.1 Å². The van der Waals surface area contributed by atoms with Crippen molar-refractivity contribution in [2.24, 2.45) is 0 Å². The van der Waals surface area contributed by atoms with Gasteiger partial charge < -0.3 is 9.64 Å². The zero-order valence-corrected chi connectivity index (χ0v) is 14.0. The number of pyridine rings is 1. The molecule has 0 bridgehead atoms. The molecule has 1 aliphatic rings. The van der Waals surface area contributed by atoms with Crippen molar-refractivity contribution in [3.05, 3.63) is 36.3 Å². The van der Waals surface area contributed by atoms with Gasteiger partial charge in [0.05, 0.1) is 17.7 Å². The van der Waals surface area contributed by atoms with Gasteiger partial charge in [0.1, 0.15) is 5.82 Å². The minimum atomic E-state index is -0.249. The van der Waals surface area contributed by atoms with Gasteiger partial charge in [-0.2, -0.15) is 0 Å². The third kappa shape index (κ3) is 3.79. The Hall–Kier alpha value is -1.72. The van der Waals surface area contributed by atoms with Crippen LogP contribution in [0.25, 0.3) is 10.9 Å². The number of fused-ring (bicyclic) bond motifs is 1. The van der Waals surface area contributed by atoms with Gasteiger partial charge in [0.15, 0.2) is 0 Å². The van der Waals surface area contributed by atoms with Crippen LogP contribution in [0.2, 0.25) is 0 Å². The first-order chi connectivity index (χ1) is 11.0. The van der Waals surface area contributed by atoms with Crippen molar-refractivity contribution in [3.8, 4) is 0 Å². The highest BCUT2D eigenvalue weighted by atomic mass is 19.1. The molecule has 2 atom stereocenters. The second kappa shape index (κ2) is 6.81. The molecule has 1 aliphatic heterocycles. The summed E-state index contributed by atoms with van der Waals surface area (Å²) in [6.45, 7) is 8.09. The lowest BCUT2D eigenvalue weighted by Crippen LogP contribution is -2.47. The monoisotopic (exact) mass is 317 g/mol. The van der Waals surface area contributed by atoms with E-state index in [1.807, 2.05) is 12.1 Å². The van der Waals surface area contributed by atoms with Gasteiger partial charge >= 0.3 is 0 Å². The van der Waals surface area contributed by atoms with Crippen molar-refractivity contribution in [1.82, 2.24) is 9.88 Å². The Balaban J connectivity index is 1.70. The van der Waals surface area contributed by atoms with E-state index >= 15 is 0 Å². The van der Waals surface area contributed by atoms with Crippen LogP contribution in [0.5, 0.6) is 0 Å². The van der Waals surface area contributed by atoms with Gasteiger partial charge in [-0.3, -0.25) is 9.88 Å². The molecule has 4 nitrogen and oxygen atoms in total. The van der Waals surface area contributed by atoms with Crippen molar-refractivity contribution in [2.75, 3.05) is 38.1 Å². The van der Waals surface area contributed by atoms with Gasteiger partial charge in [-0.25, -0.2) is 4.39 Å². The number of aromatic nitrogens is 1. The SMILES string of the molecule is C[C@@H]1CN(CCN(C)c2ccnc3cc(F)ccc23)C[C@H](C)O1. The first-order valence-electron chi connectivity index (χ1n) is 8.16. The summed E-state index contributed by atoms with van der Waals surface area (Å²) in [4.78, 5) is 8.92. The molecule has 0 radical (unpaired) electrons. The standard InChI is InChI=1S/C18H24FN3O/c1-13-11-22(12-14(2)23-13)9-8-21(3)18-6-7-20-17-10-15(19)4-5-16(17)18/h4-7,10,13-14H,8-9,11-12H2,1-3H3/t13-,14+. The van der Waals surface area contributed by atoms with E-state index in [4.69, 9.17) is 4.74 Å². The van der Waals surface area contributed by atoms with Crippen LogP contribution in [0.4, 0.5) is 10.1 Å². The van der Waals surface area contributed by atoms with E-state index in [-0.39, 0.29) is 18.0 Å². The number of halogens is 1. The van der Waals surface area contributed by atoms with Crippen LogP contribution < -0.4 is 4.90 Å². The Morgan fingerprint density at radius 3 is 2.74 bits per heavy atom. The summed E-state index contributed by atoms with van der Waals surface area (Å²) in [6.07, 6.45) is 2.31. The molecule has 0 N–H and O–H groups in total. The molecule has 124 valence electrons. The molecule has 0 saturated carbocycles. The second-order valence-corrected chi connectivity index (χ2v) is 6.43. The third-order valence-corrected chi connectivity index (χ3v) is 4.34. The third-order valence-electron chi connectivity index (χ3n) is 4.34. The highest BCUT2D eigenvalue weighted by Crippen LogP contribution is 2.25. The summed E-state index contributed by atoms with van der Waals surface area (Å²) in [5.74, 6) is -0.249. The highest BCUT2D eigenvalue weighted by Gasteiger charge is 2.22. The summed E-state index contributed by atoms with van der Waals surface area (Å²) >= 11 is 0. The minimum Gasteiger partial charge on any atom is -0.373 e. The molecule has 1 aromatic carbocycles. The average molecular weight is 317 g/mol. The lowest BCUT2D eigenvalue weighted by Gasteiger charge is -2.36. The molecule has 23 heavy (non-hydrogen) atoms. The summed E-state index contributed by atoms with van der Waals surface area (Å²) in [5, 5.41) is 0.986. The lowest BCUT2D eigenvalue weighted by atomic mass is 10.1. The predicted octanol–water partition coefficient (Wildman–Crippen LogP) is 2.92. The maximum absolute atomic E-state index is 13.4. The first-order valence-corrected chi connectivity index (χ1v) is 8.16. The van der Waals surface area contributed by atoms with Crippen molar-refractivity contribution >= 4 is 16.6 Å². The molecule has 0 unspecified atom stereocenters. The molecule has 0 aliphatic carbocycles. The Labute approximate surface area is 136 Å². The quantitative estimate of drug-likeness (QED) is 0.867. The van der Waals surface area contributed by atoms with Gasteiger partial charge in [-0.05, 0) is 32.0 Å². The molecule has 5 heteroatoms. The Kier molecular flexibility index (Phi) is 4.78. The number of anilines is 1. The zero-order valence-electron chi connectivity index (χ0n) is 14.0. The fourth-order valence-electron chi connectivity index (χ4n) is 3.32. The summed E-state index contributed by atoms with van der Waals surface area (Å²) in [5.41, 5.74) is 1.78. The number of benzene rings is 1. The van der Waals surface area contributed by atoms with E-state index in [1.54, 1.807) is 6.20 Å². The van der Waals surface area contributed by atoms with Gasteiger partial charge in [0, 0.05) is 56.6 Å². The molecule has 3 rings (SSSR count). The largest absolute Gasteiger partial charge is 0.373 e. The maximum atomic E-state index is 13.4. The van der Waals surface area contributed by atoms with Gasteiger partial charge in [-0.1, -0.05) is 0 Å². The van der Waals surface area contributed by atoms with Crippen molar-refractivity contribution in [1.29, 1.82) is 0 Å². The van der Waals surface area contributed by atoms with Gasteiger partial charge in [-0.15, -0.1) is 0 Å². The van der Waals surface area contributed by atoms with E-state index in [0.717, 1.165) is 37.3 Å². The van der Waals surface area contributed by atoms with Crippen LogP contribution >= 0.6 is 0 Å². The summed E-state index contributed by atoms with van der Waals surface area (Å²) in [6, 6.07) is 6.78. The molecule has 2 aromatic rings. The van der Waals surface area contributed by atoms with Crippen LogP contribution in [-0.2, 0) is 4.74 Å².